The first-order chi connectivity index (χ1) is 34.5. The Bertz CT molecular complexity index is 2960. The molecule has 1 aliphatic carbocycles. The van der Waals surface area contributed by atoms with Gasteiger partial charge in [0.25, 0.3) is 27.6 Å². The molecule has 4 unspecified atom stereocenters. The van der Waals surface area contributed by atoms with Crippen LogP contribution in [0.4, 0.5) is 21.9 Å². The van der Waals surface area contributed by atoms with Crippen LogP contribution in [0, 0.1) is 16.0 Å². The number of alkyl carbamates (subject to hydrolysis) is 1. The van der Waals surface area contributed by atoms with Crippen molar-refractivity contribution in [2.45, 2.75) is 63.6 Å². The van der Waals surface area contributed by atoms with E-state index in [1.54, 1.807) is 6.08 Å². The Hall–Kier alpha value is -7.27. The molecule has 388 valence electrons. The lowest BCUT2D eigenvalue weighted by Crippen LogP contribution is -2.61. The Morgan fingerprint density at radius 2 is 1.59 bits per heavy atom. The second kappa shape index (κ2) is 21.4. The van der Waals surface area contributed by atoms with Crippen LogP contribution in [0.2, 0.25) is 0 Å². The first kappa shape index (κ1) is 53.5. The summed E-state index contributed by atoms with van der Waals surface area (Å²) in [4.78, 5) is 79.0. The summed E-state index contributed by atoms with van der Waals surface area (Å²) in [6.07, 6.45) is 3.91. The number of ether oxygens (including phenoxy) is 4. The predicted molar refractivity (Wildman–Crippen MR) is 268 cm³/mol. The Morgan fingerprint density at radius 3 is 2.23 bits per heavy atom. The number of hydrogen-bond acceptors (Lipinski definition) is 15. The van der Waals surface area contributed by atoms with Crippen LogP contribution in [0.5, 0.6) is 11.5 Å². The first-order valence-electron chi connectivity index (χ1n) is 23.5. The number of likely N-dealkylation sites (N-methyl/N-ethyl adjacent to an activating group) is 1. The number of amides is 4. The number of carbonyl (C=O) groups excluding carboxylic acids is 5. The minimum atomic E-state index is -4.79. The summed E-state index contributed by atoms with van der Waals surface area (Å²) in [5.41, 5.74) is 4.45. The molecule has 3 aromatic rings. The van der Waals surface area contributed by atoms with Gasteiger partial charge in [-0.05, 0) is 38.5 Å². The van der Waals surface area contributed by atoms with Crippen molar-refractivity contribution in [1.29, 1.82) is 0 Å². The Labute approximate surface area is 422 Å². The number of carbonyl (C=O) groups is 5. The second-order valence-electron chi connectivity index (χ2n) is 19.0. The molecule has 3 aliphatic heterocycles. The van der Waals surface area contributed by atoms with E-state index >= 15 is 0 Å². The number of allylic oxidation sites excluding steroid dienone is 2. The highest BCUT2D eigenvalue weighted by Crippen LogP contribution is 2.49. The number of imide groups is 1. The zero-order chi connectivity index (χ0) is 53.2. The number of para-hydroxylation sites is 2. The largest absolute Gasteiger partial charge is 0.493 e. The van der Waals surface area contributed by atoms with E-state index in [-0.39, 0.29) is 62.3 Å². The topological polar surface area (TPSA) is 265 Å². The summed E-state index contributed by atoms with van der Waals surface area (Å²) in [5, 5.41) is 20.5. The van der Waals surface area contributed by atoms with Crippen molar-refractivity contribution >= 4 is 62.5 Å². The third kappa shape index (κ3) is 11.2. The van der Waals surface area contributed by atoms with E-state index in [1.165, 1.54) is 20.1 Å². The SMILES string of the molecule is COc1cc(C(C)OC(=O)NCCOCCN2C(=O)C=CC2=O)c([N+](=O)[O-])cc1OCCNC(=O)C(CS(=O)(=O)O)NC1C(=CC2=[N+](C)c3ccccc3C2(C)C)C(=O)C1C=C1N(C)c2ccccc2C1(C)C. The lowest BCUT2D eigenvalue weighted by atomic mass is 9.69. The maximum absolute atomic E-state index is 14.5. The van der Waals surface area contributed by atoms with Gasteiger partial charge in [0.15, 0.2) is 23.0 Å². The molecule has 4 aliphatic rings. The summed E-state index contributed by atoms with van der Waals surface area (Å²) < 4.78 is 59.3. The monoisotopic (exact) mass is 1030 g/mol. The van der Waals surface area contributed by atoms with Crippen LogP contribution in [0.15, 0.2) is 96.2 Å². The third-order valence-electron chi connectivity index (χ3n) is 13.6. The van der Waals surface area contributed by atoms with Gasteiger partial charge in [-0.3, -0.25) is 44.1 Å². The summed E-state index contributed by atoms with van der Waals surface area (Å²) in [6, 6.07) is 15.7. The van der Waals surface area contributed by atoms with Crippen LogP contribution in [-0.4, -0.2) is 141 Å². The number of fused-ring (bicyclic) bond motifs is 2. The lowest BCUT2D eigenvalue weighted by Gasteiger charge is -2.40. The van der Waals surface area contributed by atoms with E-state index in [2.05, 4.69) is 29.8 Å². The van der Waals surface area contributed by atoms with Gasteiger partial charge in [0, 0.05) is 65.8 Å². The van der Waals surface area contributed by atoms with Crippen molar-refractivity contribution < 1.29 is 65.4 Å². The number of ketones is 1. The number of nitro benzene ring substituents is 1. The van der Waals surface area contributed by atoms with Crippen LogP contribution in [-0.2, 0) is 49.6 Å². The van der Waals surface area contributed by atoms with Crippen LogP contribution >= 0.6 is 0 Å². The molecule has 73 heavy (non-hydrogen) atoms. The molecule has 21 nitrogen and oxygen atoms in total. The summed E-state index contributed by atoms with van der Waals surface area (Å²) in [5.74, 6) is -3.91. The van der Waals surface area contributed by atoms with Gasteiger partial charge >= 0.3 is 6.09 Å². The van der Waals surface area contributed by atoms with Crippen molar-refractivity contribution in [2.24, 2.45) is 5.92 Å². The molecule has 4 atom stereocenters. The normalized spacial score (nSPS) is 20.5. The fourth-order valence-corrected chi connectivity index (χ4v) is 10.5. The standard InChI is InChI=1S/C51H59N7O14S/c1-30(72-49(63)53-19-22-70-24-21-57-44(59)17-18-45(57)60)31-25-40(69-8)41(28-39(31)58(64)65)71-23-20-52-48(62)36(29-73(66,67)68)54-46-32(26-42-50(2,3)34-13-9-11-15-37(34)55(42)6)47(61)33(46)27-43-51(4,5)35-14-10-12-16-38(35)56(43)7/h9-18,25-28,30,32,36,46,54H,19-24,29H2,1-8H3,(H2-,52,53,62,63,66,67,68)/p+1. The molecule has 1 fully saturated rings. The minimum absolute atomic E-state index is 0.0123. The van der Waals surface area contributed by atoms with Gasteiger partial charge in [0.1, 0.15) is 25.8 Å². The molecule has 4 N–H and O–H groups in total. The van der Waals surface area contributed by atoms with E-state index < -0.39 is 85.2 Å². The average molecular weight is 1030 g/mol. The van der Waals surface area contributed by atoms with Crippen LogP contribution in [0.3, 0.4) is 0 Å². The van der Waals surface area contributed by atoms with Crippen molar-refractivity contribution in [3.8, 4) is 11.5 Å². The van der Waals surface area contributed by atoms with Gasteiger partial charge in [0.2, 0.25) is 11.6 Å². The quantitative estimate of drug-likeness (QED) is 0.0222. The van der Waals surface area contributed by atoms with Gasteiger partial charge in [0.05, 0.1) is 73.1 Å². The molecule has 3 aromatic carbocycles. The second-order valence-corrected chi connectivity index (χ2v) is 20.5. The number of benzene rings is 3. The molecule has 0 spiro atoms. The molecule has 4 amide bonds. The summed E-state index contributed by atoms with van der Waals surface area (Å²) in [7, 11) is 0.324. The van der Waals surface area contributed by atoms with Crippen molar-refractivity contribution in [1.82, 2.24) is 20.9 Å². The zero-order valence-electron chi connectivity index (χ0n) is 41.8. The van der Waals surface area contributed by atoms with E-state index in [0.29, 0.717) is 5.57 Å². The van der Waals surface area contributed by atoms with Crippen molar-refractivity contribution in [3.63, 3.8) is 0 Å². The predicted octanol–water partition coefficient (Wildman–Crippen LogP) is 4.18. The van der Waals surface area contributed by atoms with Crippen LogP contribution in [0.25, 0.3) is 0 Å². The highest BCUT2D eigenvalue weighted by molar-refractivity contribution is 7.85. The van der Waals surface area contributed by atoms with Crippen LogP contribution in [0.1, 0.15) is 57.4 Å². The van der Waals surface area contributed by atoms with Crippen molar-refractivity contribution in [3.05, 3.63) is 123 Å². The number of nitro groups is 1. The van der Waals surface area contributed by atoms with Crippen molar-refractivity contribution in [2.75, 3.05) is 71.3 Å². The third-order valence-corrected chi connectivity index (χ3v) is 14.4. The van der Waals surface area contributed by atoms with Gasteiger partial charge < -0.3 is 34.5 Å². The molecule has 22 heteroatoms. The van der Waals surface area contributed by atoms with Gasteiger partial charge in [-0.1, -0.05) is 56.3 Å². The first-order valence-corrected chi connectivity index (χ1v) is 25.1. The Morgan fingerprint density at radius 1 is 0.932 bits per heavy atom. The van der Waals surface area contributed by atoms with Gasteiger partial charge in [-0.25, -0.2) is 4.79 Å². The molecule has 0 aromatic heterocycles. The minimum Gasteiger partial charge on any atom is -0.493 e. The zero-order valence-corrected chi connectivity index (χ0v) is 42.6. The lowest BCUT2D eigenvalue weighted by molar-refractivity contribution is -0.401. The van der Waals surface area contributed by atoms with Crippen LogP contribution < -0.4 is 30.3 Å². The van der Waals surface area contributed by atoms with E-state index in [0.717, 1.165) is 57.0 Å². The molecule has 0 bridgehead atoms. The average Bonchev–Trinajstić information content (AvgIpc) is 3.84. The van der Waals surface area contributed by atoms with E-state index in [9.17, 15) is 47.1 Å². The highest BCUT2D eigenvalue weighted by Gasteiger charge is 2.51. The number of anilines is 1. The van der Waals surface area contributed by atoms with E-state index in [4.69, 9.17) is 18.9 Å². The summed E-state index contributed by atoms with van der Waals surface area (Å²) >= 11 is 0. The number of nitrogens with zero attached hydrogens (tertiary/aromatic N) is 4. The molecule has 1 saturated carbocycles. The highest BCUT2D eigenvalue weighted by atomic mass is 32.2. The Balaban J connectivity index is 1.04. The molecule has 0 radical (unpaired) electrons. The maximum Gasteiger partial charge on any atom is 0.407 e. The van der Waals surface area contributed by atoms with E-state index in [1.807, 2.05) is 92.0 Å². The molecule has 0 saturated heterocycles. The number of methoxy groups -OCH3 is 1. The number of hydrogen-bond donors (Lipinski definition) is 4. The summed E-state index contributed by atoms with van der Waals surface area (Å²) in [6.45, 7) is 9.15. The van der Waals surface area contributed by atoms with Gasteiger partial charge in [-0.15, -0.1) is 0 Å². The fourth-order valence-electron chi connectivity index (χ4n) is 9.81. The smallest absolute Gasteiger partial charge is 0.407 e. The molecule has 7 rings (SSSR count). The number of rotatable bonds is 21. The number of nitrogens with one attached hydrogen (secondary N) is 3. The van der Waals surface area contributed by atoms with Gasteiger partial charge in [-0.2, -0.15) is 13.0 Å². The molecular weight excluding hydrogens is 967 g/mol. The number of Topliss-reactive ketones (excluding diaryl/α,β-unsaturated/α-hetero) is 1. The maximum atomic E-state index is 14.5. The fraction of sp³-hybridized carbons (Fsp3) is 0.412. The Kier molecular flexibility index (Phi) is 15.7. The molecular formula is C51H60N7O14S+. The molecule has 3 heterocycles.